The molecule has 0 atom stereocenters. The van der Waals surface area contributed by atoms with Crippen molar-refractivity contribution in [2.75, 3.05) is 38.8 Å². The van der Waals surface area contributed by atoms with Crippen molar-refractivity contribution in [1.82, 2.24) is 0 Å². The first-order chi connectivity index (χ1) is 8.62. The Labute approximate surface area is 106 Å². The SMILES string of the molecule is COc1ccc(OC)c(N(CCN)CC(=O)O)c1. The van der Waals surface area contributed by atoms with Crippen LogP contribution in [0.5, 0.6) is 11.5 Å². The molecule has 3 N–H and O–H groups in total. The molecule has 0 aliphatic rings. The van der Waals surface area contributed by atoms with Gasteiger partial charge in [0.1, 0.15) is 18.0 Å². The molecule has 0 spiro atoms. The van der Waals surface area contributed by atoms with Gasteiger partial charge in [0.2, 0.25) is 0 Å². The molecule has 0 saturated heterocycles. The summed E-state index contributed by atoms with van der Waals surface area (Å²) in [6, 6.07) is 5.22. The topological polar surface area (TPSA) is 85.0 Å². The van der Waals surface area contributed by atoms with Gasteiger partial charge >= 0.3 is 5.97 Å². The minimum Gasteiger partial charge on any atom is -0.497 e. The van der Waals surface area contributed by atoms with Gasteiger partial charge in [-0.1, -0.05) is 0 Å². The summed E-state index contributed by atoms with van der Waals surface area (Å²) in [4.78, 5) is 12.5. The Hall–Kier alpha value is -1.95. The lowest BCUT2D eigenvalue weighted by molar-refractivity contribution is -0.135. The van der Waals surface area contributed by atoms with Crippen LogP contribution in [0.1, 0.15) is 0 Å². The molecule has 6 heteroatoms. The highest BCUT2D eigenvalue weighted by molar-refractivity contribution is 5.75. The fraction of sp³-hybridized carbons (Fsp3) is 0.417. The van der Waals surface area contributed by atoms with Crippen molar-refractivity contribution in [2.45, 2.75) is 0 Å². The van der Waals surface area contributed by atoms with E-state index in [0.29, 0.717) is 30.3 Å². The van der Waals surface area contributed by atoms with E-state index in [1.165, 1.54) is 7.11 Å². The number of aliphatic carboxylic acids is 1. The van der Waals surface area contributed by atoms with Gasteiger partial charge in [-0.3, -0.25) is 4.79 Å². The van der Waals surface area contributed by atoms with Crippen molar-refractivity contribution >= 4 is 11.7 Å². The smallest absolute Gasteiger partial charge is 0.323 e. The second kappa shape index (κ2) is 6.70. The second-order valence-corrected chi connectivity index (χ2v) is 3.64. The number of carbonyl (C=O) groups is 1. The van der Waals surface area contributed by atoms with Gasteiger partial charge < -0.3 is 25.2 Å². The molecule has 1 aromatic rings. The van der Waals surface area contributed by atoms with Crippen LogP contribution in [-0.2, 0) is 4.79 Å². The van der Waals surface area contributed by atoms with E-state index in [1.54, 1.807) is 30.2 Å². The molecule has 0 aromatic heterocycles. The van der Waals surface area contributed by atoms with E-state index in [1.807, 2.05) is 0 Å². The van der Waals surface area contributed by atoms with Gasteiger partial charge in [-0.05, 0) is 12.1 Å². The van der Waals surface area contributed by atoms with Crippen LogP contribution >= 0.6 is 0 Å². The third-order valence-corrected chi connectivity index (χ3v) is 2.45. The van der Waals surface area contributed by atoms with Crippen molar-refractivity contribution in [2.24, 2.45) is 5.73 Å². The summed E-state index contributed by atoms with van der Waals surface area (Å²) in [5, 5.41) is 8.91. The van der Waals surface area contributed by atoms with Crippen LogP contribution < -0.4 is 20.1 Å². The molecule has 6 nitrogen and oxygen atoms in total. The number of anilines is 1. The Balaban J connectivity index is 3.10. The zero-order chi connectivity index (χ0) is 13.5. The first-order valence-corrected chi connectivity index (χ1v) is 5.51. The standard InChI is InChI=1S/C12H18N2O4/c1-17-9-3-4-11(18-2)10(7-9)14(6-5-13)8-12(15)16/h3-4,7H,5-6,8,13H2,1-2H3,(H,15,16). The zero-order valence-corrected chi connectivity index (χ0v) is 10.5. The number of ether oxygens (including phenoxy) is 2. The Morgan fingerprint density at radius 2 is 2.11 bits per heavy atom. The number of benzene rings is 1. The molecule has 0 saturated carbocycles. The molecule has 0 aliphatic heterocycles. The minimum absolute atomic E-state index is 0.138. The molecule has 18 heavy (non-hydrogen) atoms. The van der Waals surface area contributed by atoms with Crippen molar-refractivity contribution in [1.29, 1.82) is 0 Å². The fourth-order valence-electron chi connectivity index (χ4n) is 1.65. The predicted octanol–water partition coefficient (Wildman–Crippen LogP) is 0.553. The Bertz CT molecular complexity index is 409. The summed E-state index contributed by atoms with van der Waals surface area (Å²) in [7, 11) is 3.09. The minimum atomic E-state index is -0.923. The van der Waals surface area contributed by atoms with E-state index in [-0.39, 0.29) is 6.54 Å². The Morgan fingerprint density at radius 1 is 1.39 bits per heavy atom. The van der Waals surface area contributed by atoms with Crippen LogP contribution in [-0.4, -0.2) is 44.9 Å². The molecule has 1 rings (SSSR count). The first-order valence-electron chi connectivity index (χ1n) is 5.51. The van der Waals surface area contributed by atoms with Crippen LogP contribution in [0.25, 0.3) is 0 Å². The maximum Gasteiger partial charge on any atom is 0.323 e. The number of carboxylic acid groups (broad SMARTS) is 1. The number of nitrogens with zero attached hydrogens (tertiary/aromatic N) is 1. The fourth-order valence-corrected chi connectivity index (χ4v) is 1.65. The Morgan fingerprint density at radius 3 is 2.61 bits per heavy atom. The van der Waals surface area contributed by atoms with Gasteiger partial charge in [-0.15, -0.1) is 0 Å². The highest BCUT2D eigenvalue weighted by atomic mass is 16.5. The molecular weight excluding hydrogens is 236 g/mol. The second-order valence-electron chi connectivity index (χ2n) is 3.64. The number of hydrogen-bond donors (Lipinski definition) is 2. The third-order valence-electron chi connectivity index (χ3n) is 2.45. The molecular formula is C12H18N2O4. The lowest BCUT2D eigenvalue weighted by atomic mass is 10.2. The molecule has 0 bridgehead atoms. The van der Waals surface area contributed by atoms with Crippen molar-refractivity contribution in [3.63, 3.8) is 0 Å². The molecule has 0 unspecified atom stereocenters. The van der Waals surface area contributed by atoms with E-state index in [0.717, 1.165) is 0 Å². The van der Waals surface area contributed by atoms with Crippen molar-refractivity contribution in [3.8, 4) is 11.5 Å². The van der Waals surface area contributed by atoms with Crippen LogP contribution in [0.4, 0.5) is 5.69 Å². The molecule has 0 radical (unpaired) electrons. The average Bonchev–Trinajstić information content (AvgIpc) is 2.37. The van der Waals surface area contributed by atoms with Crippen LogP contribution in [0, 0.1) is 0 Å². The molecule has 0 fully saturated rings. The normalized spacial score (nSPS) is 9.94. The molecule has 0 heterocycles. The largest absolute Gasteiger partial charge is 0.497 e. The van der Waals surface area contributed by atoms with Crippen molar-refractivity contribution in [3.05, 3.63) is 18.2 Å². The summed E-state index contributed by atoms with van der Waals surface area (Å²) in [5.74, 6) is 0.303. The van der Waals surface area contributed by atoms with E-state index in [9.17, 15) is 4.79 Å². The van der Waals surface area contributed by atoms with E-state index in [4.69, 9.17) is 20.3 Å². The summed E-state index contributed by atoms with van der Waals surface area (Å²) in [6.45, 7) is 0.643. The number of rotatable bonds is 7. The van der Waals surface area contributed by atoms with Gasteiger partial charge in [0.15, 0.2) is 0 Å². The summed E-state index contributed by atoms with van der Waals surface area (Å²) in [5.41, 5.74) is 6.16. The van der Waals surface area contributed by atoms with Gasteiger partial charge in [0.25, 0.3) is 0 Å². The Kier molecular flexibility index (Phi) is 5.26. The molecule has 1 aromatic carbocycles. The number of carboxylic acids is 1. The zero-order valence-electron chi connectivity index (χ0n) is 10.5. The summed E-state index contributed by atoms with van der Waals surface area (Å²) in [6.07, 6.45) is 0. The highest BCUT2D eigenvalue weighted by Gasteiger charge is 2.15. The van der Waals surface area contributed by atoms with E-state index in [2.05, 4.69) is 0 Å². The van der Waals surface area contributed by atoms with Gasteiger partial charge in [-0.2, -0.15) is 0 Å². The highest BCUT2D eigenvalue weighted by Crippen LogP contribution is 2.31. The van der Waals surface area contributed by atoms with Gasteiger partial charge in [0.05, 0.1) is 19.9 Å². The number of methoxy groups -OCH3 is 2. The lowest BCUT2D eigenvalue weighted by Crippen LogP contribution is -2.34. The maximum absolute atomic E-state index is 10.9. The summed E-state index contributed by atoms with van der Waals surface area (Å²) < 4.78 is 10.3. The predicted molar refractivity (Wildman–Crippen MR) is 68.4 cm³/mol. The molecule has 0 aliphatic carbocycles. The maximum atomic E-state index is 10.9. The van der Waals surface area contributed by atoms with E-state index < -0.39 is 5.97 Å². The van der Waals surface area contributed by atoms with Crippen LogP contribution in [0.3, 0.4) is 0 Å². The first kappa shape index (κ1) is 14.1. The van der Waals surface area contributed by atoms with Crippen molar-refractivity contribution < 1.29 is 19.4 Å². The third kappa shape index (κ3) is 3.53. The van der Waals surface area contributed by atoms with Crippen LogP contribution in [0.2, 0.25) is 0 Å². The molecule has 100 valence electrons. The number of nitrogens with two attached hydrogens (primary N) is 1. The quantitative estimate of drug-likeness (QED) is 0.739. The van der Waals surface area contributed by atoms with Gasteiger partial charge in [-0.25, -0.2) is 0 Å². The number of hydrogen-bond acceptors (Lipinski definition) is 5. The van der Waals surface area contributed by atoms with E-state index >= 15 is 0 Å². The summed E-state index contributed by atoms with van der Waals surface area (Å²) >= 11 is 0. The van der Waals surface area contributed by atoms with Crippen LogP contribution in [0.15, 0.2) is 18.2 Å². The van der Waals surface area contributed by atoms with Gasteiger partial charge in [0, 0.05) is 19.2 Å². The lowest BCUT2D eigenvalue weighted by Gasteiger charge is -2.24. The average molecular weight is 254 g/mol. The molecule has 0 amide bonds. The monoisotopic (exact) mass is 254 g/mol.